The summed E-state index contributed by atoms with van der Waals surface area (Å²) in [6.07, 6.45) is 4.05. The smallest absolute Gasteiger partial charge is 0.0424 e. The number of aryl methyl sites for hydroxylation is 2. The molecule has 1 heterocycles. The van der Waals surface area contributed by atoms with E-state index in [1.807, 2.05) is 0 Å². The lowest BCUT2D eigenvalue weighted by molar-refractivity contribution is 0.216. The molecule has 1 fully saturated rings. The van der Waals surface area contributed by atoms with E-state index in [2.05, 4.69) is 36.9 Å². The van der Waals surface area contributed by atoms with E-state index in [1.54, 1.807) is 0 Å². The van der Waals surface area contributed by atoms with Crippen molar-refractivity contribution in [1.29, 1.82) is 0 Å². The van der Waals surface area contributed by atoms with Crippen LogP contribution in [0.1, 0.15) is 42.0 Å². The maximum atomic E-state index is 6.32. The summed E-state index contributed by atoms with van der Waals surface area (Å²) < 4.78 is 0. The highest BCUT2D eigenvalue weighted by atomic mass is 15.1. The van der Waals surface area contributed by atoms with Gasteiger partial charge in [-0.2, -0.15) is 0 Å². The Balaban J connectivity index is 2.00. The Bertz CT molecular complexity index is 347. The van der Waals surface area contributed by atoms with Gasteiger partial charge < -0.3 is 10.6 Å². The van der Waals surface area contributed by atoms with Crippen molar-refractivity contribution in [1.82, 2.24) is 4.90 Å². The fraction of sp³-hybridized carbons (Fsp3) is 0.600. The van der Waals surface area contributed by atoms with Crippen LogP contribution >= 0.6 is 0 Å². The van der Waals surface area contributed by atoms with Gasteiger partial charge in [-0.3, -0.25) is 0 Å². The lowest BCUT2D eigenvalue weighted by atomic mass is 10.0. The highest BCUT2D eigenvalue weighted by Crippen LogP contribution is 2.18. The molecule has 0 bridgehead atoms. The third-order valence-electron chi connectivity index (χ3n) is 3.58. The van der Waals surface area contributed by atoms with Gasteiger partial charge in [0.1, 0.15) is 0 Å². The van der Waals surface area contributed by atoms with Crippen molar-refractivity contribution in [2.45, 2.75) is 39.2 Å². The SMILES string of the molecule is Cc1cc(C)cc([C@@H](N)CN2CCCCC2)c1. The van der Waals surface area contributed by atoms with Crippen LogP contribution in [0.3, 0.4) is 0 Å². The number of piperidine rings is 1. The Morgan fingerprint density at radius 2 is 1.65 bits per heavy atom. The van der Waals surface area contributed by atoms with E-state index in [1.165, 1.54) is 49.0 Å². The number of hydrogen-bond acceptors (Lipinski definition) is 2. The third kappa shape index (κ3) is 3.55. The van der Waals surface area contributed by atoms with Gasteiger partial charge in [0.25, 0.3) is 0 Å². The van der Waals surface area contributed by atoms with Gasteiger partial charge in [-0.15, -0.1) is 0 Å². The van der Waals surface area contributed by atoms with Crippen LogP contribution in [0.2, 0.25) is 0 Å². The Labute approximate surface area is 105 Å². The van der Waals surface area contributed by atoms with Crippen LogP contribution in [0, 0.1) is 13.8 Å². The number of nitrogens with two attached hydrogens (primary N) is 1. The van der Waals surface area contributed by atoms with E-state index in [4.69, 9.17) is 5.73 Å². The molecule has 0 unspecified atom stereocenters. The third-order valence-corrected chi connectivity index (χ3v) is 3.58. The van der Waals surface area contributed by atoms with Gasteiger partial charge >= 0.3 is 0 Å². The molecule has 94 valence electrons. The molecule has 1 atom stereocenters. The molecule has 1 aromatic rings. The first-order valence-electron chi connectivity index (χ1n) is 6.71. The molecule has 0 radical (unpaired) electrons. The molecular formula is C15H24N2. The number of likely N-dealkylation sites (tertiary alicyclic amines) is 1. The first-order valence-corrected chi connectivity index (χ1v) is 6.71. The highest BCUT2D eigenvalue weighted by Gasteiger charge is 2.15. The lowest BCUT2D eigenvalue weighted by Gasteiger charge is -2.29. The molecule has 2 nitrogen and oxygen atoms in total. The summed E-state index contributed by atoms with van der Waals surface area (Å²) in [6, 6.07) is 6.81. The van der Waals surface area contributed by atoms with Crippen LogP contribution in [0.4, 0.5) is 0 Å². The van der Waals surface area contributed by atoms with Crippen molar-refractivity contribution >= 4 is 0 Å². The first kappa shape index (κ1) is 12.6. The summed E-state index contributed by atoms with van der Waals surface area (Å²) in [5, 5.41) is 0. The molecule has 1 aliphatic heterocycles. The average molecular weight is 232 g/mol. The van der Waals surface area contributed by atoms with Crippen LogP contribution in [0.5, 0.6) is 0 Å². The summed E-state index contributed by atoms with van der Waals surface area (Å²) in [7, 11) is 0. The zero-order valence-electron chi connectivity index (χ0n) is 11.1. The largest absolute Gasteiger partial charge is 0.323 e. The maximum Gasteiger partial charge on any atom is 0.0424 e. The van der Waals surface area contributed by atoms with Gasteiger partial charge in [-0.25, -0.2) is 0 Å². The van der Waals surface area contributed by atoms with Crippen LogP contribution < -0.4 is 5.73 Å². The Morgan fingerprint density at radius 1 is 1.06 bits per heavy atom. The van der Waals surface area contributed by atoms with E-state index < -0.39 is 0 Å². The molecule has 17 heavy (non-hydrogen) atoms. The minimum Gasteiger partial charge on any atom is -0.323 e. The van der Waals surface area contributed by atoms with Crippen molar-refractivity contribution in [3.05, 3.63) is 34.9 Å². The summed E-state index contributed by atoms with van der Waals surface area (Å²) >= 11 is 0. The molecule has 0 aliphatic carbocycles. The number of rotatable bonds is 3. The van der Waals surface area contributed by atoms with Crippen LogP contribution in [0.25, 0.3) is 0 Å². The van der Waals surface area contributed by atoms with E-state index in [0.29, 0.717) is 0 Å². The topological polar surface area (TPSA) is 29.3 Å². The van der Waals surface area contributed by atoms with Crippen molar-refractivity contribution < 1.29 is 0 Å². The Hall–Kier alpha value is -0.860. The predicted molar refractivity (Wildman–Crippen MR) is 73.1 cm³/mol. The zero-order valence-corrected chi connectivity index (χ0v) is 11.1. The monoisotopic (exact) mass is 232 g/mol. The second kappa shape index (κ2) is 5.65. The van der Waals surface area contributed by atoms with Crippen molar-refractivity contribution in [2.24, 2.45) is 5.73 Å². The van der Waals surface area contributed by atoms with Crippen LogP contribution in [-0.2, 0) is 0 Å². The predicted octanol–water partition coefficient (Wildman–Crippen LogP) is 2.79. The van der Waals surface area contributed by atoms with Crippen LogP contribution in [0.15, 0.2) is 18.2 Å². The van der Waals surface area contributed by atoms with Gasteiger partial charge in [-0.05, 0) is 45.3 Å². The van der Waals surface area contributed by atoms with Crippen molar-refractivity contribution in [3.8, 4) is 0 Å². The van der Waals surface area contributed by atoms with Gasteiger partial charge in [0.15, 0.2) is 0 Å². The molecule has 2 N–H and O–H groups in total. The minimum absolute atomic E-state index is 0.159. The Morgan fingerprint density at radius 3 is 2.24 bits per heavy atom. The number of nitrogens with zero attached hydrogens (tertiary/aromatic N) is 1. The Kier molecular flexibility index (Phi) is 4.19. The number of benzene rings is 1. The van der Waals surface area contributed by atoms with Gasteiger partial charge in [0, 0.05) is 12.6 Å². The van der Waals surface area contributed by atoms with Crippen molar-refractivity contribution in [3.63, 3.8) is 0 Å². The first-order chi connectivity index (χ1) is 8.15. The molecular weight excluding hydrogens is 208 g/mol. The van der Waals surface area contributed by atoms with E-state index in [9.17, 15) is 0 Å². The lowest BCUT2D eigenvalue weighted by Crippen LogP contribution is -2.36. The zero-order chi connectivity index (χ0) is 12.3. The summed E-state index contributed by atoms with van der Waals surface area (Å²) in [5.41, 5.74) is 10.2. The second-order valence-electron chi connectivity index (χ2n) is 5.39. The maximum absolute atomic E-state index is 6.32. The van der Waals surface area contributed by atoms with Gasteiger partial charge in [0.05, 0.1) is 0 Å². The minimum atomic E-state index is 0.159. The fourth-order valence-corrected chi connectivity index (χ4v) is 2.75. The van der Waals surface area contributed by atoms with Crippen molar-refractivity contribution in [2.75, 3.05) is 19.6 Å². The molecule has 0 saturated carbocycles. The molecule has 2 rings (SSSR count). The van der Waals surface area contributed by atoms with E-state index >= 15 is 0 Å². The molecule has 0 spiro atoms. The fourth-order valence-electron chi connectivity index (χ4n) is 2.75. The average Bonchev–Trinajstić information content (AvgIpc) is 2.29. The molecule has 0 aromatic heterocycles. The normalized spacial score (nSPS) is 19.2. The molecule has 0 amide bonds. The van der Waals surface area contributed by atoms with E-state index in [-0.39, 0.29) is 6.04 Å². The van der Waals surface area contributed by atoms with Gasteiger partial charge in [0.2, 0.25) is 0 Å². The summed E-state index contributed by atoms with van der Waals surface area (Å²) in [5.74, 6) is 0. The van der Waals surface area contributed by atoms with Gasteiger partial charge in [-0.1, -0.05) is 35.7 Å². The van der Waals surface area contributed by atoms with E-state index in [0.717, 1.165) is 6.54 Å². The molecule has 1 aromatic carbocycles. The summed E-state index contributed by atoms with van der Waals surface area (Å²) in [6.45, 7) is 7.73. The summed E-state index contributed by atoms with van der Waals surface area (Å²) in [4.78, 5) is 2.51. The molecule has 1 aliphatic rings. The molecule has 1 saturated heterocycles. The number of hydrogen-bond donors (Lipinski definition) is 1. The second-order valence-corrected chi connectivity index (χ2v) is 5.39. The standard InChI is InChI=1S/C15H24N2/c1-12-8-13(2)10-14(9-12)15(16)11-17-6-4-3-5-7-17/h8-10,15H,3-7,11,16H2,1-2H3/t15-/m0/s1. The quantitative estimate of drug-likeness (QED) is 0.868. The highest BCUT2D eigenvalue weighted by molar-refractivity contribution is 5.30. The molecule has 2 heteroatoms. The van der Waals surface area contributed by atoms with Crippen LogP contribution in [-0.4, -0.2) is 24.5 Å².